The average molecular weight is 425 g/mol. The first-order valence-corrected chi connectivity index (χ1v) is 10.3. The molecule has 11 nitrogen and oxygen atoms in total. The van der Waals surface area contributed by atoms with Gasteiger partial charge in [0.25, 0.3) is 6.47 Å². The van der Waals surface area contributed by atoms with E-state index in [0.717, 1.165) is 31.8 Å². The number of rotatable bonds is 7. The molecular formula is C19H32N6O5. The first kappa shape index (κ1) is 23.7. The normalized spacial score (nSPS) is 23.9. The van der Waals surface area contributed by atoms with Gasteiger partial charge in [-0.05, 0) is 38.8 Å². The first-order valence-electron chi connectivity index (χ1n) is 10.3. The number of aromatic nitrogens is 3. The summed E-state index contributed by atoms with van der Waals surface area (Å²) >= 11 is 0. The highest BCUT2D eigenvalue weighted by molar-refractivity contribution is 5.80. The van der Waals surface area contributed by atoms with E-state index in [-0.39, 0.29) is 30.2 Å². The van der Waals surface area contributed by atoms with Crippen LogP contribution in [0.2, 0.25) is 0 Å². The molecule has 0 unspecified atom stereocenters. The Morgan fingerprint density at radius 3 is 2.60 bits per heavy atom. The number of hydrogen-bond donors (Lipinski definition) is 4. The van der Waals surface area contributed by atoms with E-state index in [4.69, 9.17) is 9.90 Å². The standard InChI is InChI=1S/C18H30N6O3.CH2O2/c1-23-12-20-22-16(23)5-6-19-18(27)13-9-14(15(25)10-13)21-17(26)11-24-7-3-2-4-8-24;2-1-3/h12-15,25H,2-11H2,1H3,(H,19,27)(H,21,26);1H,(H,2,3)/t13-,14+,15+;/m0./s1. The Bertz CT molecular complexity index is 691. The number of aliphatic hydroxyl groups is 1. The number of aryl methyl sites for hydroxylation is 1. The van der Waals surface area contributed by atoms with Crippen LogP contribution in [0, 0.1) is 5.92 Å². The Morgan fingerprint density at radius 1 is 1.27 bits per heavy atom. The molecule has 2 fully saturated rings. The maximum absolute atomic E-state index is 12.4. The van der Waals surface area contributed by atoms with E-state index in [0.29, 0.717) is 32.4 Å². The summed E-state index contributed by atoms with van der Waals surface area (Å²) in [5.74, 6) is 0.387. The first-order chi connectivity index (χ1) is 14.4. The molecule has 1 saturated heterocycles. The minimum Gasteiger partial charge on any atom is -0.483 e. The zero-order valence-electron chi connectivity index (χ0n) is 17.4. The highest BCUT2D eigenvalue weighted by atomic mass is 16.3. The van der Waals surface area contributed by atoms with Crippen LogP contribution in [0.15, 0.2) is 6.33 Å². The zero-order chi connectivity index (χ0) is 21.9. The number of nitrogens with zero attached hydrogens (tertiary/aromatic N) is 4. The van der Waals surface area contributed by atoms with Crippen LogP contribution < -0.4 is 10.6 Å². The molecule has 0 bridgehead atoms. The fourth-order valence-electron chi connectivity index (χ4n) is 3.93. The Labute approximate surface area is 175 Å². The Morgan fingerprint density at radius 2 is 1.97 bits per heavy atom. The van der Waals surface area contributed by atoms with Crippen LogP contribution >= 0.6 is 0 Å². The topological polar surface area (TPSA) is 150 Å². The molecule has 1 aliphatic heterocycles. The molecule has 3 rings (SSSR count). The Balaban J connectivity index is 0.00000101. The van der Waals surface area contributed by atoms with Gasteiger partial charge < -0.3 is 25.4 Å². The maximum Gasteiger partial charge on any atom is 0.290 e. The number of hydrogen-bond acceptors (Lipinski definition) is 7. The van der Waals surface area contributed by atoms with Crippen molar-refractivity contribution < 1.29 is 24.6 Å². The van der Waals surface area contributed by atoms with Gasteiger partial charge in [-0.15, -0.1) is 10.2 Å². The number of carbonyl (C=O) groups is 3. The molecule has 3 atom stereocenters. The van der Waals surface area contributed by atoms with Crippen molar-refractivity contribution in [3.63, 3.8) is 0 Å². The molecule has 30 heavy (non-hydrogen) atoms. The van der Waals surface area contributed by atoms with Gasteiger partial charge >= 0.3 is 0 Å². The van der Waals surface area contributed by atoms with Crippen molar-refractivity contribution in [3.8, 4) is 0 Å². The van der Waals surface area contributed by atoms with Gasteiger partial charge in [-0.1, -0.05) is 6.42 Å². The molecule has 1 saturated carbocycles. The number of carboxylic acid groups (broad SMARTS) is 1. The number of amides is 2. The fraction of sp³-hybridized carbons (Fsp3) is 0.737. The molecule has 11 heteroatoms. The maximum atomic E-state index is 12.4. The third kappa shape index (κ3) is 7.38. The van der Waals surface area contributed by atoms with Crippen LogP contribution in [0.1, 0.15) is 37.9 Å². The van der Waals surface area contributed by atoms with E-state index >= 15 is 0 Å². The summed E-state index contributed by atoms with van der Waals surface area (Å²) in [4.78, 5) is 35.1. The highest BCUT2D eigenvalue weighted by Gasteiger charge is 2.37. The summed E-state index contributed by atoms with van der Waals surface area (Å²) in [7, 11) is 1.86. The number of nitrogens with one attached hydrogen (secondary N) is 2. The van der Waals surface area contributed by atoms with Crippen molar-refractivity contribution in [1.82, 2.24) is 30.3 Å². The van der Waals surface area contributed by atoms with Crippen LogP contribution in [0.3, 0.4) is 0 Å². The molecule has 0 radical (unpaired) electrons. The molecule has 0 spiro atoms. The van der Waals surface area contributed by atoms with Gasteiger partial charge in [-0.2, -0.15) is 0 Å². The predicted molar refractivity (Wildman–Crippen MR) is 107 cm³/mol. The van der Waals surface area contributed by atoms with E-state index in [1.54, 1.807) is 6.33 Å². The van der Waals surface area contributed by atoms with Gasteiger partial charge in [-0.25, -0.2) is 0 Å². The van der Waals surface area contributed by atoms with Crippen LogP contribution in [0.4, 0.5) is 0 Å². The molecule has 2 heterocycles. The van der Waals surface area contributed by atoms with Crippen molar-refractivity contribution in [1.29, 1.82) is 0 Å². The summed E-state index contributed by atoms with van der Waals surface area (Å²) < 4.78 is 1.82. The largest absolute Gasteiger partial charge is 0.483 e. The summed E-state index contributed by atoms with van der Waals surface area (Å²) in [5.41, 5.74) is 0. The second-order valence-electron chi connectivity index (χ2n) is 7.75. The minimum atomic E-state index is -0.676. The van der Waals surface area contributed by atoms with Crippen molar-refractivity contribution in [2.24, 2.45) is 13.0 Å². The van der Waals surface area contributed by atoms with Gasteiger partial charge in [-0.3, -0.25) is 19.3 Å². The van der Waals surface area contributed by atoms with E-state index in [9.17, 15) is 14.7 Å². The van der Waals surface area contributed by atoms with Gasteiger partial charge in [0.15, 0.2) is 0 Å². The van der Waals surface area contributed by atoms with Gasteiger partial charge in [0.1, 0.15) is 12.2 Å². The lowest BCUT2D eigenvalue weighted by Gasteiger charge is -2.26. The lowest BCUT2D eigenvalue weighted by atomic mass is 10.1. The molecule has 1 aromatic rings. The number of carbonyl (C=O) groups excluding carboxylic acids is 2. The number of aliphatic hydroxyl groups excluding tert-OH is 1. The lowest BCUT2D eigenvalue weighted by molar-refractivity contribution is -0.125. The highest BCUT2D eigenvalue weighted by Crippen LogP contribution is 2.26. The Hall–Kier alpha value is -2.53. The van der Waals surface area contributed by atoms with Crippen molar-refractivity contribution in [3.05, 3.63) is 12.2 Å². The molecule has 4 N–H and O–H groups in total. The molecule has 0 aromatic carbocycles. The SMILES string of the molecule is Cn1cnnc1CCNC(=O)[C@@H]1C[C@@H](O)[C@H](NC(=O)CN2CCCCC2)C1.O=CO. The van der Waals surface area contributed by atoms with Crippen molar-refractivity contribution in [2.75, 3.05) is 26.2 Å². The molecule has 168 valence electrons. The van der Waals surface area contributed by atoms with Crippen LogP contribution in [0.25, 0.3) is 0 Å². The quantitative estimate of drug-likeness (QED) is 0.404. The number of piperidine rings is 1. The molecule has 1 aliphatic carbocycles. The minimum absolute atomic E-state index is 0.0655. The van der Waals surface area contributed by atoms with E-state index in [1.807, 2.05) is 11.6 Å². The zero-order valence-corrected chi connectivity index (χ0v) is 17.4. The van der Waals surface area contributed by atoms with Gasteiger partial charge in [0, 0.05) is 25.9 Å². The molecular weight excluding hydrogens is 392 g/mol. The van der Waals surface area contributed by atoms with E-state index in [1.165, 1.54) is 6.42 Å². The second kappa shape index (κ2) is 12.2. The van der Waals surface area contributed by atoms with E-state index < -0.39 is 6.10 Å². The fourth-order valence-corrected chi connectivity index (χ4v) is 3.93. The smallest absolute Gasteiger partial charge is 0.290 e. The van der Waals surface area contributed by atoms with Crippen molar-refractivity contribution >= 4 is 18.3 Å². The third-order valence-corrected chi connectivity index (χ3v) is 5.51. The monoisotopic (exact) mass is 424 g/mol. The molecule has 1 aromatic heterocycles. The summed E-state index contributed by atoms with van der Waals surface area (Å²) in [6.45, 7) is 2.51. The third-order valence-electron chi connectivity index (χ3n) is 5.51. The lowest BCUT2D eigenvalue weighted by Crippen LogP contribution is -2.46. The summed E-state index contributed by atoms with van der Waals surface area (Å²) in [6, 6.07) is -0.350. The van der Waals surface area contributed by atoms with Gasteiger partial charge in [0.2, 0.25) is 11.8 Å². The second-order valence-corrected chi connectivity index (χ2v) is 7.75. The van der Waals surface area contributed by atoms with E-state index in [2.05, 4.69) is 25.7 Å². The van der Waals surface area contributed by atoms with Gasteiger partial charge in [0.05, 0.1) is 18.7 Å². The van der Waals surface area contributed by atoms with Crippen LogP contribution in [-0.2, 0) is 27.9 Å². The van der Waals surface area contributed by atoms with Crippen LogP contribution in [0.5, 0.6) is 0 Å². The predicted octanol–water partition coefficient (Wildman–Crippen LogP) is -1.08. The van der Waals surface area contributed by atoms with Crippen LogP contribution in [-0.4, -0.2) is 86.5 Å². The molecule has 2 aliphatic rings. The number of likely N-dealkylation sites (tertiary alicyclic amines) is 1. The summed E-state index contributed by atoms with van der Waals surface area (Å²) in [6.07, 6.45) is 5.91. The average Bonchev–Trinajstić information content (AvgIpc) is 3.29. The Kier molecular flexibility index (Phi) is 9.68. The summed E-state index contributed by atoms with van der Waals surface area (Å²) in [5, 5.41) is 30.7. The molecule has 2 amide bonds. The van der Waals surface area contributed by atoms with Crippen molar-refractivity contribution in [2.45, 2.75) is 50.7 Å².